The van der Waals surface area contributed by atoms with Crippen LogP contribution in [0.2, 0.25) is 0 Å². The molecular weight excluding hydrogens is 397 g/mol. The first kappa shape index (κ1) is 21.5. The summed E-state index contributed by atoms with van der Waals surface area (Å²) in [5.74, 6) is -1.10. The maximum atomic E-state index is 13.2. The van der Waals surface area contributed by atoms with Crippen LogP contribution in [0.1, 0.15) is 42.5 Å². The van der Waals surface area contributed by atoms with E-state index in [1.54, 1.807) is 6.07 Å². The van der Waals surface area contributed by atoms with Crippen molar-refractivity contribution in [2.45, 2.75) is 32.4 Å². The minimum atomic E-state index is -4.63. The van der Waals surface area contributed by atoms with E-state index in [9.17, 15) is 18.0 Å². The second-order valence-electron chi connectivity index (χ2n) is 7.08. The summed E-state index contributed by atoms with van der Waals surface area (Å²) in [6.07, 6.45) is -4.63. The molecule has 3 rings (SSSR count). The first-order valence-corrected chi connectivity index (χ1v) is 8.04. The summed E-state index contributed by atoms with van der Waals surface area (Å²) in [7, 11) is 0. The van der Waals surface area contributed by atoms with E-state index in [4.69, 9.17) is 5.11 Å². The van der Waals surface area contributed by atoms with E-state index in [1.165, 1.54) is 28.8 Å². The summed E-state index contributed by atoms with van der Waals surface area (Å²) in [5, 5.41) is 16.3. The number of benzene rings is 1. The van der Waals surface area contributed by atoms with Gasteiger partial charge in [-0.1, -0.05) is 26.8 Å². The van der Waals surface area contributed by atoms with Gasteiger partial charge in [0.1, 0.15) is 5.82 Å². The lowest BCUT2D eigenvalue weighted by Crippen LogP contribution is -2.13. The Bertz CT molecular complexity index is 1030. The number of halogens is 4. The highest BCUT2D eigenvalue weighted by Gasteiger charge is 2.34. The van der Waals surface area contributed by atoms with Gasteiger partial charge in [0.05, 0.1) is 11.3 Å². The van der Waals surface area contributed by atoms with E-state index in [1.807, 2.05) is 20.8 Å². The van der Waals surface area contributed by atoms with Crippen molar-refractivity contribution in [3.05, 3.63) is 53.3 Å². The lowest BCUT2D eigenvalue weighted by molar-refractivity contribution is -0.141. The van der Waals surface area contributed by atoms with Gasteiger partial charge in [-0.15, -0.1) is 12.4 Å². The van der Waals surface area contributed by atoms with Gasteiger partial charge < -0.3 is 10.4 Å². The van der Waals surface area contributed by atoms with Crippen molar-refractivity contribution in [1.82, 2.24) is 14.6 Å². The van der Waals surface area contributed by atoms with Crippen molar-refractivity contribution in [3.63, 3.8) is 0 Å². The Morgan fingerprint density at radius 3 is 2.36 bits per heavy atom. The van der Waals surface area contributed by atoms with Gasteiger partial charge in [-0.25, -0.2) is 9.78 Å². The van der Waals surface area contributed by atoms with Crippen LogP contribution in [0.3, 0.4) is 0 Å². The van der Waals surface area contributed by atoms with Crippen LogP contribution in [0.15, 0.2) is 36.4 Å². The van der Waals surface area contributed by atoms with E-state index in [0.717, 1.165) is 6.07 Å². The molecule has 6 nitrogen and oxygen atoms in total. The number of nitrogens with one attached hydrogen (secondary N) is 1. The number of carbonyl (C=O) groups is 1. The predicted molar refractivity (Wildman–Crippen MR) is 101 cm³/mol. The summed E-state index contributed by atoms with van der Waals surface area (Å²) < 4.78 is 41.0. The van der Waals surface area contributed by atoms with E-state index in [2.05, 4.69) is 15.4 Å². The molecule has 0 spiro atoms. The molecule has 0 radical (unpaired) electrons. The molecule has 2 N–H and O–H groups in total. The van der Waals surface area contributed by atoms with Crippen LogP contribution in [-0.2, 0) is 11.6 Å². The Morgan fingerprint density at radius 2 is 1.79 bits per heavy atom. The monoisotopic (exact) mass is 414 g/mol. The minimum Gasteiger partial charge on any atom is -0.478 e. The molecule has 0 saturated carbocycles. The number of aromatic nitrogens is 3. The third-order valence-electron chi connectivity index (χ3n) is 3.87. The van der Waals surface area contributed by atoms with E-state index >= 15 is 0 Å². The first-order valence-electron chi connectivity index (χ1n) is 8.04. The van der Waals surface area contributed by atoms with Gasteiger partial charge in [0, 0.05) is 23.2 Å². The third-order valence-corrected chi connectivity index (χ3v) is 3.87. The summed E-state index contributed by atoms with van der Waals surface area (Å²) in [6.45, 7) is 5.68. The zero-order valence-electron chi connectivity index (χ0n) is 15.2. The number of fused-ring (bicyclic) bond motifs is 1. The molecule has 0 aliphatic carbocycles. The molecule has 0 saturated heterocycles. The summed E-state index contributed by atoms with van der Waals surface area (Å²) in [5.41, 5.74) is -0.483. The van der Waals surface area contributed by atoms with Gasteiger partial charge in [-0.3, -0.25) is 0 Å². The fourth-order valence-corrected chi connectivity index (χ4v) is 2.45. The summed E-state index contributed by atoms with van der Waals surface area (Å²) in [4.78, 5) is 14.8. The van der Waals surface area contributed by atoms with Crippen molar-refractivity contribution < 1.29 is 23.1 Å². The highest BCUT2D eigenvalue weighted by atomic mass is 35.5. The van der Waals surface area contributed by atoms with Crippen molar-refractivity contribution in [1.29, 1.82) is 0 Å². The van der Waals surface area contributed by atoms with Crippen LogP contribution < -0.4 is 5.32 Å². The Hall–Kier alpha value is -2.81. The summed E-state index contributed by atoms with van der Waals surface area (Å²) >= 11 is 0. The maximum absolute atomic E-state index is 13.2. The van der Waals surface area contributed by atoms with E-state index < -0.39 is 17.8 Å². The minimum absolute atomic E-state index is 0. The molecule has 2 aromatic heterocycles. The fourth-order valence-electron chi connectivity index (χ4n) is 2.45. The van der Waals surface area contributed by atoms with Crippen LogP contribution >= 0.6 is 12.4 Å². The number of carboxylic acid groups (broad SMARTS) is 1. The molecule has 1 aromatic carbocycles. The molecule has 0 fully saturated rings. The number of carboxylic acids is 1. The van der Waals surface area contributed by atoms with Gasteiger partial charge >= 0.3 is 12.1 Å². The van der Waals surface area contributed by atoms with Gasteiger partial charge in [0.2, 0.25) is 0 Å². The first-order chi connectivity index (χ1) is 12.4. The largest absolute Gasteiger partial charge is 0.478 e. The molecule has 150 valence electrons. The second-order valence-corrected chi connectivity index (χ2v) is 7.08. The molecule has 0 aliphatic heterocycles. The number of nitrogens with zero attached hydrogens (tertiary/aromatic N) is 3. The van der Waals surface area contributed by atoms with Crippen LogP contribution in [-0.4, -0.2) is 25.7 Å². The lowest BCUT2D eigenvalue weighted by atomic mass is 9.93. The van der Waals surface area contributed by atoms with Crippen molar-refractivity contribution >= 4 is 35.5 Å². The second kappa shape index (κ2) is 7.31. The molecule has 2 heterocycles. The molecule has 0 unspecified atom stereocenters. The van der Waals surface area contributed by atoms with E-state index in [-0.39, 0.29) is 34.9 Å². The Kier molecular flexibility index (Phi) is 5.61. The zero-order valence-corrected chi connectivity index (χ0v) is 16.0. The van der Waals surface area contributed by atoms with Crippen molar-refractivity contribution in [2.24, 2.45) is 0 Å². The number of anilines is 2. The Morgan fingerprint density at radius 1 is 1.11 bits per heavy atom. The molecule has 10 heteroatoms. The zero-order chi connectivity index (χ0) is 20.0. The van der Waals surface area contributed by atoms with Crippen molar-refractivity contribution in [2.75, 3.05) is 5.32 Å². The highest BCUT2D eigenvalue weighted by Crippen LogP contribution is 2.32. The van der Waals surface area contributed by atoms with Gasteiger partial charge in [-0.05, 0) is 18.2 Å². The number of hydrogen-bond donors (Lipinski definition) is 2. The average Bonchev–Trinajstić information content (AvgIpc) is 2.99. The Labute approximate surface area is 164 Å². The van der Waals surface area contributed by atoms with Gasteiger partial charge in [0.25, 0.3) is 0 Å². The summed E-state index contributed by atoms with van der Waals surface area (Å²) in [6, 6.07) is 8.13. The molecular formula is C18H18ClF3N4O2. The third kappa shape index (κ3) is 4.36. The van der Waals surface area contributed by atoms with Gasteiger partial charge in [0.15, 0.2) is 11.3 Å². The van der Waals surface area contributed by atoms with Crippen LogP contribution in [0.25, 0.3) is 5.65 Å². The van der Waals surface area contributed by atoms with Crippen LogP contribution in [0, 0.1) is 0 Å². The van der Waals surface area contributed by atoms with Crippen LogP contribution in [0.4, 0.5) is 24.7 Å². The smallest absolute Gasteiger partial charge is 0.433 e. The lowest BCUT2D eigenvalue weighted by Gasteiger charge is -2.14. The molecule has 0 atom stereocenters. The topological polar surface area (TPSA) is 79.5 Å². The molecule has 3 aromatic rings. The molecule has 0 aliphatic rings. The predicted octanol–water partition coefficient (Wildman–Crippen LogP) is 4.91. The Balaban J connectivity index is 0.00000280. The number of aromatic carboxylic acids is 1. The van der Waals surface area contributed by atoms with Gasteiger partial charge in [-0.2, -0.15) is 22.8 Å². The van der Waals surface area contributed by atoms with E-state index in [0.29, 0.717) is 11.4 Å². The standard InChI is InChI=1S/C18H17F3N4O2.ClH/c1-17(2,3)12-8-15-23-13(18(19,20)21)9-14(25(15)24-12)22-11-6-4-5-10(7-11)16(26)27;/h4-9,22H,1-3H3,(H,26,27);1H. The van der Waals surface area contributed by atoms with Crippen LogP contribution in [0.5, 0.6) is 0 Å². The highest BCUT2D eigenvalue weighted by molar-refractivity contribution is 5.89. The quantitative estimate of drug-likeness (QED) is 0.636. The van der Waals surface area contributed by atoms with Crippen molar-refractivity contribution in [3.8, 4) is 0 Å². The normalized spacial score (nSPS) is 11.9. The number of alkyl halides is 3. The number of rotatable bonds is 3. The average molecular weight is 415 g/mol. The number of hydrogen-bond acceptors (Lipinski definition) is 4. The molecule has 28 heavy (non-hydrogen) atoms. The molecule has 0 amide bonds. The SMILES string of the molecule is CC(C)(C)c1cc2nc(C(F)(F)F)cc(Nc3cccc(C(=O)O)c3)n2n1.Cl. The molecule has 0 bridgehead atoms. The maximum Gasteiger partial charge on any atom is 0.433 e. The fraction of sp³-hybridized carbons (Fsp3) is 0.278.